The molecule has 29 heavy (non-hydrogen) atoms. The standard InChI is InChI=1S/C18H21F3N6OS/c19-18(20,21)29-14-5-3-13(4-6-14)26-17(28)23-8-7-22-15-11-16(25-12-24-15)27-9-1-2-10-27/h3-6,11-12H,1-2,7-10H2,(H,22,24,25)(H2,23,26,28). The quantitative estimate of drug-likeness (QED) is 0.460. The minimum atomic E-state index is -4.34. The van der Waals surface area contributed by atoms with E-state index < -0.39 is 11.5 Å². The molecule has 3 rings (SSSR count). The topological polar surface area (TPSA) is 82.2 Å². The van der Waals surface area contributed by atoms with E-state index in [1.165, 1.54) is 30.6 Å². The Morgan fingerprint density at radius 1 is 1.10 bits per heavy atom. The summed E-state index contributed by atoms with van der Waals surface area (Å²) in [5, 5.41) is 8.38. The number of hydrogen-bond donors (Lipinski definition) is 3. The lowest BCUT2D eigenvalue weighted by Crippen LogP contribution is -2.32. The third-order valence-corrected chi connectivity index (χ3v) is 4.88. The number of benzene rings is 1. The second-order valence-electron chi connectivity index (χ2n) is 6.34. The number of hydrogen-bond acceptors (Lipinski definition) is 6. The Morgan fingerprint density at radius 2 is 1.83 bits per heavy atom. The summed E-state index contributed by atoms with van der Waals surface area (Å²) in [7, 11) is 0. The van der Waals surface area contributed by atoms with E-state index in [1.807, 2.05) is 6.07 Å². The van der Waals surface area contributed by atoms with Crippen LogP contribution < -0.4 is 20.9 Å². The number of carbonyl (C=O) groups is 1. The lowest BCUT2D eigenvalue weighted by atomic mass is 10.3. The highest BCUT2D eigenvalue weighted by Gasteiger charge is 2.29. The fourth-order valence-corrected chi connectivity index (χ4v) is 3.38. The zero-order valence-corrected chi connectivity index (χ0v) is 16.3. The van der Waals surface area contributed by atoms with Crippen LogP contribution in [-0.2, 0) is 0 Å². The molecule has 2 aromatic rings. The van der Waals surface area contributed by atoms with Gasteiger partial charge in [0.25, 0.3) is 0 Å². The number of halogens is 3. The van der Waals surface area contributed by atoms with Crippen LogP contribution in [0, 0.1) is 0 Å². The van der Waals surface area contributed by atoms with Gasteiger partial charge in [-0.3, -0.25) is 0 Å². The number of urea groups is 1. The van der Waals surface area contributed by atoms with Gasteiger partial charge in [0.2, 0.25) is 0 Å². The number of amides is 2. The third-order valence-electron chi connectivity index (χ3n) is 4.15. The summed E-state index contributed by atoms with van der Waals surface area (Å²) in [5.41, 5.74) is -3.92. The van der Waals surface area contributed by atoms with Gasteiger partial charge >= 0.3 is 11.5 Å². The number of alkyl halides is 3. The molecule has 1 fully saturated rings. The molecular formula is C18H21F3N6OS. The maximum absolute atomic E-state index is 12.3. The van der Waals surface area contributed by atoms with Gasteiger partial charge in [-0.15, -0.1) is 0 Å². The summed E-state index contributed by atoms with van der Waals surface area (Å²) in [6.45, 7) is 2.80. The molecule has 0 unspecified atom stereocenters. The van der Waals surface area contributed by atoms with E-state index in [0.717, 1.165) is 31.7 Å². The Morgan fingerprint density at radius 3 is 2.52 bits per heavy atom. The van der Waals surface area contributed by atoms with E-state index in [-0.39, 0.29) is 16.7 Å². The molecule has 1 aliphatic rings. The number of rotatable bonds is 7. The van der Waals surface area contributed by atoms with E-state index in [2.05, 4.69) is 30.8 Å². The molecule has 2 heterocycles. The minimum absolute atomic E-state index is 0.0609. The molecule has 7 nitrogen and oxygen atoms in total. The average molecular weight is 426 g/mol. The molecule has 11 heteroatoms. The van der Waals surface area contributed by atoms with Crippen molar-refractivity contribution in [3.05, 3.63) is 36.7 Å². The highest BCUT2D eigenvalue weighted by atomic mass is 32.2. The largest absolute Gasteiger partial charge is 0.446 e. The minimum Gasteiger partial charge on any atom is -0.368 e. The van der Waals surface area contributed by atoms with Crippen molar-refractivity contribution in [2.24, 2.45) is 0 Å². The van der Waals surface area contributed by atoms with Crippen molar-refractivity contribution in [3.63, 3.8) is 0 Å². The summed E-state index contributed by atoms with van der Waals surface area (Å²) < 4.78 is 36.9. The zero-order valence-electron chi connectivity index (χ0n) is 15.5. The van der Waals surface area contributed by atoms with E-state index in [1.54, 1.807) is 0 Å². The molecule has 3 N–H and O–H groups in total. The van der Waals surface area contributed by atoms with Crippen molar-refractivity contribution in [1.82, 2.24) is 15.3 Å². The summed E-state index contributed by atoms with van der Waals surface area (Å²) >= 11 is -0.198. The Hall–Kier alpha value is -2.69. The smallest absolute Gasteiger partial charge is 0.368 e. The highest BCUT2D eigenvalue weighted by molar-refractivity contribution is 8.00. The van der Waals surface area contributed by atoms with Crippen LogP contribution in [0.4, 0.5) is 35.3 Å². The number of thioether (sulfide) groups is 1. The maximum Gasteiger partial charge on any atom is 0.446 e. The van der Waals surface area contributed by atoms with Crippen molar-refractivity contribution in [1.29, 1.82) is 0 Å². The van der Waals surface area contributed by atoms with Crippen molar-refractivity contribution in [3.8, 4) is 0 Å². The third kappa shape index (κ3) is 7.00. The molecule has 0 atom stereocenters. The number of nitrogens with zero attached hydrogens (tertiary/aromatic N) is 3. The predicted molar refractivity (Wildman–Crippen MR) is 107 cm³/mol. The Kier molecular flexibility index (Phi) is 7.02. The van der Waals surface area contributed by atoms with Crippen LogP contribution in [0.15, 0.2) is 41.6 Å². The molecule has 0 saturated carbocycles. The van der Waals surface area contributed by atoms with Crippen LogP contribution in [0.1, 0.15) is 12.8 Å². The molecule has 2 amide bonds. The Labute approximate surface area is 170 Å². The molecule has 0 spiro atoms. The molecule has 156 valence electrons. The van der Waals surface area contributed by atoms with Crippen molar-refractivity contribution < 1.29 is 18.0 Å². The molecule has 1 aromatic heterocycles. The normalized spacial score (nSPS) is 14.0. The summed E-state index contributed by atoms with van der Waals surface area (Å²) in [5.74, 6) is 1.57. The van der Waals surface area contributed by atoms with Gasteiger partial charge in [-0.1, -0.05) is 0 Å². The van der Waals surface area contributed by atoms with Gasteiger partial charge < -0.3 is 20.9 Å². The zero-order chi connectivity index (χ0) is 20.7. The van der Waals surface area contributed by atoms with Gasteiger partial charge in [-0.05, 0) is 48.9 Å². The fraction of sp³-hybridized carbons (Fsp3) is 0.389. The van der Waals surface area contributed by atoms with Crippen molar-refractivity contribution >= 4 is 35.1 Å². The first-order valence-electron chi connectivity index (χ1n) is 9.10. The summed E-state index contributed by atoms with van der Waals surface area (Å²) in [4.78, 5) is 22.6. The Balaban J connectivity index is 1.38. The second-order valence-corrected chi connectivity index (χ2v) is 7.47. The van der Waals surface area contributed by atoms with E-state index in [4.69, 9.17) is 0 Å². The first kappa shape index (κ1) is 21.0. The van der Waals surface area contributed by atoms with Crippen LogP contribution in [0.5, 0.6) is 0 Å². The van der Waals surface area contributed by atoms with Gasteiger partial charge in [0.15, 0.2) is 0 Å². The number of aromatic nitrogens is 2. The first-order chi connectivity index (χ1) is 13.9. The van der Waals surface area contributed by atoms with Gasteiger partial charge in [0, 0.05) is 42.8 Å². The van der Waals surface area contributed by atoms with Gasteiger partial charge in [0.05, 0.1) is 0 Å². The summed E-state index contributed by atoms with van der Waals surface area (Å²) in [6, 6.07) is 6.90. The monoisotopic (exact) mass is 426 g/mol. The van der Waals surface area contributed by atoms with Crippen LogP contribution in [0.25, 0.3) is 0 Å². The average Bonchev–Trinajstić information content (AvgIpc) is 3.21. The van der Waals surface area contributed by atoms with Crippen molar-refractivity contribution in [2.45, 2.75) is 23.2 Å². The molecule has 0 radical (unpaired) electrons. The Bertz CT molecular complexity index is 812. The lowest BCUT2D eigenvalue weighted by Gasteiger charge is -2.16. The number of nitrogens with one attached hydrogen (secondary N) is 3. The van der Waals surface area contributed by atoms with Crippen LogP contribution in [0.3, 0.4) is 0 Å². The number of carbonyl (C=O) groups excluding carboxylic acids is 1. The van der Waals surface area contributed by atoms with E-state index in [9.17, 15) is 18.0 Å². The van der Waals surface area contributed by atoms with Gasteiger partial charge in [-0.2, -0.15) is 13.2 Å². The second kappa shape index (κ2) is 9.68. The highest BCUT2D eigenvalue weighted by Crippen LogP contribution is 2.37. The van der Waals surface area contributed by atoms with Crippen LogP contribution in [0.2, 0.25) is 0 Å². The van der Waals surface area contributed by atoms with Crippen molar-refractivity contribution in [2.75, 3.05) is 41.7 Å². The lowest BCUT2D eigenvalue weighted by molar-refractivity contribution is -0.0328. The molecule has 1 aliphatic heterocycles. The summed E-state index contributed by atoms with van der Waals surface area (Å²) in [6.07, 6.45) is 3.84. The molecule has 1 aromatic carbocycles. The first-order valence-corrected chi connectivity index (χ1v) is 9.92. The molecule has 0 bridgehead atoms. The maximum atomic E-state index is 12.3. The molecule has 1 saturated heterocycles. The van der Waals surface area contributed by atoms with Crippen LogP contribution in [-0.4, -0.2) is 47.7 Å². The van der Waals surface area contributed by atoms with Gasteiger partial charge in [-0.25, -0.2) is 14.8 Å². The molecule has 0 aliphatic carbocycles. The predicted octanol–water partition coefficient (Wildman–Crippen LogP) is 3.92. The SMILES string of the molecule is O=C(NCCNc1cc(N2CCCC2)ncn1)Nc1ccc(SC(F)(F)F)cc1. The molecular weight excluding hydrogens is 405 g/mol. The number of anilines is 3. The van der Waals surface area contributed by atoms with E-state index >= 15 is 0 Å². The van der Waals surface area contributed by atoms with Gasteiger partial charge in [0.1, 0.15) is 18.0 Å². The van der Waals surface area contributed by atoms with E-state index in [0.29, 0.717) is 24.6 Å². The van der Waals surface area contributed by atoms with Crippen LogP contribution >= 0.6 is 11.8 Å². The fourth-order valence-electron chi connectivity index (χ4n) is 2.84.